The van der Waals surface area contributed by atoms with Crippen molar-refractivity contribution in [2.75, 3.05) is 13.4 Å². The van der Waals surface area contributed by atoms with Crippen molar-refractivity contribution >= 4 is 27.4 Å². The molecule has 0 spiro atoms. The Hall–Kier alpha value is -2.25. The summed E-state index contributed by atoms with van der Waals surface area (Å²) in [6, 6.07) is 7.53. The minimum atomic E-state index is -3.44. The lowest BCUT2D eigenvalue weighted by atomic mass is 10.00. The quantitative estimate of drug-likeness (QED) is 0.708. The number of fused-ring (bicyclic) bond motifs is 1. The Bertz CT molecular complexity index is 1030. The normalized spacial score (nSPS) is 15.0. The van der Waals surface area contributed by atoms with Crippen LogP contribution < -0.4 is 9.47 Å². The summed E-state index contributed by atoms with van der Waals surface area (Å²) in [5.41, 5.74) is 0.672. The zero-order valence-electron chi connectivity index (χ0n) is 15.3. The third-order valence-electron chi connectivity index (χ3n) is 4.11. The number of carbonyl (C=O) groups excluding carboxylic acids is 1. The number of benzene rings is 2. The van der Waals surface area contributed by atoms with Crippen molar-refractivity contribution in [1.82, 2.24) is 0 Å². The van der Waals surface area contributed by atoms with Gasteiger partial charge in [0.2, 0.25) is 0 Å². The van der Waals surface area contributed by atoms with Crippen LogP contribution in [0.4, 0.5) is 0 Å². The van der Waals surface area contributed by atoms with Crippen molar-refractivity contribution in [2.24, 2.45) is 0 Å². The highest BCUT2D eigenvalue weighted by Crippen LogP contribution is 2.43. The van der Waals surface area contributed by atoms with Gasteiger partial charge >= 0.3 is 5.97 Å². The maximum atomic E-state index is 12.0. The summed E-state index contributed by atoms with van der Waals surface area (Å²) in [6.45, 7) is 3.87. The van der Waals surface area contributed by atoms with Gasteiger partial charge in [-0.25, -0.2) is 13.2 Å². The maximum absolute atomic E-state index is 12.0. The van der Waals surface area contributed by atoms with E-state index in [1.807, 2.05) is 13.8 Å². The summed E-state index contributed by atoms with van der Waals surface area (Å²) in [4.78, 5) is 12.0. The van der Waals surface area contributed by atoms with Crippen LogP contribution in [0, 0.1) is 0 Å². The fourth-order valence-corrected chi connectivity index (χ4v) is 4.26. The van der Waals surface area contributed by atoms with Crippen molar-refractivity contribution in [3.05, 3.63) is 46.5 Å². The summed E-state index contributed by atoms with van der Waals surface area (Å²) in [6.07, 6.45) is 1.68. The Labute approximate surface area is 162 Å². The fraction of sp³-hybridized carbons (Fsp3) is 0.316. The molecule has 0 fully saturated rings. The van der Waals surface area contributed by atoms with Gasteiger partial charge in [-0.1, -0.05) is 11.6 Å². The summed E-state index contributed by atoms with van der Waals surface area (Å²) in [5.74, 6) is 0.820. The Morgan fingerprint density at radius 3 is 2.52 bits per heavy atom. The van der Waals surface area contributed by atoms with Crippen molar-refractivity contribution in [3.8, 4) is 17.2 Å². The van der Waals surface area contributed by atoms with Crippen LogP contribution in [0.2, 0.25) is 5.02 Å². The molecular formula is C19H19ClO6S. The van der Waals surface area contributed by atoms with E-state index in [-0.39, 0.29) is 9.92 Å². The maximum Gasteiger partial charge on any atom is 0.338 e. The third kappa shape index (κ3) is 4.04. The van der Waals surface area contributed by atoms with Gasteiger partial charge in [0.05, 0.1) is 22.6 Å². The van der Waals surface area contributed by atoms with E-state index in [0.717, 1.165) is 11.8 Å². The molecule has 0 radical (unpaired) electrons. The van der Waals surface area contributed by atoms with Crippen LogP contribution in [0.15, 0.2) is 35.2 Å². The highest BCUT2D eigenvalue weighted by Gasteiger charge is 2.34. The molecule has 6 nitrogen and oxygen atoms in total. The van der Waals surface area contributed by atoms with Gasteiger partial charge in [-0.3, -0.25) is 0 Å². The van der Waals surface area contributed by atoms with Gasteiger partial charge in [0.25, 0.3) is 0 Å². The zero-order valence-corrected chi connectivity index (χ0v) is 16.9. The first-order chi connectivity index (χ1) is 12.5. The average Bonchev–Trinajstić information content (AvgIpc) is 2.87. The van der Waals surface area contributed by atoms with E-state index in [4.69, 9.17) is 25.8 Å². The highest BCUT2D eigenvalue weighted by molar-refractivity contribution is 7.90. The van der Waals surface area contributed by atoms with Crippen LogP contribution >= 0.6 is 11.6 Å². The van der Waals surface area contributed by atoms with E-state index in [0.29, 0.717) is 29.2 Å². The van der Waals surface area contributed by atoms with Gasteiger partial charge in [0.1, 0.15) is 22.8 Å². The van der Waals surface area contributed by atoms with E-state index in [2.05, 4.69) is 0 Å². The summed E-state index contributed by atoms with van der Waals surface area (Å²) in [5, 5.41) is 0.0624. The van der Waals surface area contributed by atoms with Crippen LogP contribution in [0.5, 0.6) is 17.2 Å². The molecule has 0 aromatic heterocycles. The minimum Gasteiger partial charge on any atom is -0.487 e. The smallest absolute Gasteiger partial charge is 0.338 e. The first-order valence-corrected chi connectivity index (χ1v) is 10.4. The van der Waals surface area contributed by atoms with Gasteiger partial charge in [-0.05, 0) is 38.1 Å². The van der Waals surface area contributed by atoms with Gasteiger partial charge in [-0.15, -0.1) is 0 Å². The number of sulfone groups is 1. The van der Waals surface area contributed by atoms with Crippen molar-refractivity contribution in [1.29, 1.82) is 0 Å². The lowest BCUT2D eigenvalue weighted by molar-refractivity contribution is 0.0599. The molecule has 2 aromatic carbocycles. The van der Waals surface area contributed by atoms with E-state index < -0.39 is 21.4 Å². The second-order valence-electron chi connectivity index (χ2n) is 6.95. The van der Waals surface area contributed by atoms with E-state index in [1.165, 1.54) is 25.3 Å². The summed E-state index contributed by atoms with van der Waals surface area (Å²) < 4.78 is 40.0. The lowest BCUT2D eigenvalue weighted by Crippen LogP contribution is -2.24. The average molecular weight is 411 g/mol. The first kappa shape index (κ1) is 19.5. The molecule has 0 bridgehead atoms. The zero-order chi connectivity index (χ0) is 20.0. The predicted octanol–water partition coefficient (Wildman–Crippen LogP) is 4.04. The number of methoxy groups -OCH3 is 1. The third-order valence-corrected chi connectivity index (χ3v) is 5.69. The summed E-state index contributed by atoms with van der Waals surface area (Å²) in [7, 11) is -2.14. The molecule has 0 atom stereocenters. The van der Waals surface area contributed by atoms with Crippen molar-refractivity contribution < 1.29 is 27.4 Å². The lowest BCUT2D eigenvalue weighted by Gasteiger charge is -2.16. The second-order valence-corrected chi connectivity index (χ2v) is 9.34. The molecule has 0 unspecified atom stereocenters. The first-order valence-electron chi connectivity index (χ1n) is 8.12. The number of hydrogen-bond acceptors (Lipinski definition) is 6. The SMILES string of the molecule is COC(=O)c1cc(Oc2ccc(S(C)(=O)=O)c(Cl)c2)c2c(c1)OC(C)(C)C2. The number of hydrogen-bond donors (Lipinski definition) is 0. The molecule has 2 aromatic rings. The molecule has 3 rings (SSSR count). The number of esters is 1. The van der Waals surface area contributed by atoms with E-state index in [9.17, 15) is 13.2 Å². The van der Waals surface area contributed by atoms with Gasteiger partial charge in [-0.2, -0.15) is 0 Å². The number of carbonyl (C=O) groups is 1. The Morgan fingerprint density at radius 1 is 1.22 bits per heavy atom. The Kier molecular flexibility index (Phi) is 4.86. The molecule has 144 valence electrons. The van der Waals surface area contributed by atoms with Crippen LogP contribution in [0.1, 0.15) is 29.8 Å². The topological polar surface area (TPSA) is 78.9 Å². The van der Waals surface area contributed by atoms with E-state index >= 15 is 0 Å². The second kappa shape index (κ2) is 6.73. The van der Waals surface area contributed by atoms with E-state index in [1.54, 1.807) is 12.1 Å². The standard InChI is InChI=1S/C19H19ClO6S/c1-19(2)10-13-15(7-11(18(21)24-3)8-16(13)26-19)25-12-5-6-17(14(20)9-12)27(4,22)23/h5-9H,10H2,1-4H3. The molecule has 8 heteroatoms. The monoisotopic (exact) mass is 410 g/mol. The molecule has 0 aliphatic carbocycles. The van der Waals surface area contributed by atoms with Crippen molar-refractivity contribution in [3.63, 3.8) is 0 Å². The fourth-order valence-electron chi connectivity index (χ4n) is 2.94. The van der Waals surface area contributed by atoms with Crippen LogP contribution in [0.25, 0.3) is 0 Å². The number of ether oxygens (including phenoxy) is 3. The van der Waals surface area contributed by atoms with Gasteiger partial charge in [0.15, 0.2) is 9.84 Å². The largest absolute Gasteiger partial charge is 0.487 e. The highest BCUT2D eigenvalue weighted by atomic mass is 35.5. The molecule has 1 heterocycles. The predicted molar refractivity (Wildman–Crippen MR) is 101 cm³/mol. The number of halogens is 1. The summed E-state index contributed by atoms with van der Waals surface area (Å²) >= 11 is 6.09. The van der Waals surface area contributed by atoms with Crippen LogP contribution in [-0.2, 0) is 21.0 Å². The van der Waals surface area contributed by atoms with Crippen LogP contribution in [0.3, 0.4) is 0 Å². The van der Waals surface area contributed by atoms with Crippen molar-refractivity contribution in [2.45, 2.75) is 30.8 Å². The Morgan fingerprint density at radius 2 is 1.93 bits per heavy atom. The van der Waals surface area contributed by atoms with Gasteiger partial charge in [0, 0.05) is 24.3 Å². The van der Waals surface area contributed by atoms with Crippen LogP contribution in [-0.4, -0.2) is 33.4 Å². The minimum absolute atomic E-state index is 0.0227. The molecule has 1 aliphatic heterocycles. The molecule has 0 saturated carbocycles. The molecule has 0 saturated heterocycles. The molecular weight excluding hydrogens is 392 g/mol. The number of rotatable bonds is 4. The molecule has 1 aliphatic rings. The molecule has 0 N–H and O–H groups in total. The van der Waals surface area contributed by atoms with Gasteiger partial charge < -0.3 is 14.2 Å². The molecule has 0 amide bonds. The Balaban J connectivity index is 2.03. The molecule has 27 heavy (non-hydrogen) atoms.